The van der Waals surface area contributed by atoms with Crippen LogP contribution >= 0.6 is 0 Å². The van der Waals surface area contributed by atoms with Gasteiger partial charge < -0.3 is 4.57 Å². The molecule has 0 saturated carbocycles. The van der Waals surface area contributed by atoms with Gasteiger partial charge in [0.15, 0.2) is 0 Å². The van der Waals surface area contributed by atoms with Gasteiger partial charge in [-0.05, 0) is 54.3 Å². The van der Waals surface area contributed by atoms with Gasteiger partial charge in [0.05, 0.1) is 10.9 Å². The zero-order valence-electron chi connectivity index (χ0n) is 16.9. The second kappa shape index (κ2) is 8.14. The summed E-state index contributed by atoms with van der Waals surface area (Å²) < 4.78 is 30.7. The topological polar surface area (TPSA) is 54.3 Å². The molecule has 1 aliphatic heterocycles. The minimum absolute atomic E-state index is 0.0389. The molecule has 1 atom stereocenters. The highest BCUT2D eigenvalue weighted by Gasteiger charge is 2.28. The third-order valence-corrected chi connectivity index (χ3v) is 7.11. The molecule has 1 aromatic heterocycles. The number of nitrogens with one attached hydrogen (secondary N) is 1. The molecule has 5 nitrogen and oxygen atoms in total. The summed E-state index contributed by atoms with van der Waals surface area (Å²) in [6, 6.07) is 19.6. The van der Waals surface area contributed by atoms with Crippen molar-refractivity contribution in [2.24, 2.45) is 7.05 Å². The predicted octanol–water partition coefficient (Wildman–Crippen LogP) is 3.41. The summed E-state index contributed by atoms with van der Waals surface area (Å²) in [5, 5.41) is 0. The lowest BCUT2D eigenvalue weighted by Crippen LogP contribution is -2.41. The van der Waals surface area contributed by atoms with Crippen molar-refractivity contribution in [3.8, 4) is 0 Å². The number of sulfonamides is 1. The number of aryl methyl sites for hydroxylation is 2. The molecule has 0 spiro atoms. The zero-order chi connectivity index (χ0) is 20.4. The summed E-state index contributed by atoms with van der Waals surface area (Å²) >= 11 is 0. The molecule has 0 unspecified atom stereocenters. The van der Waals surface area contributed by atoms with Gasteiger partial charge in [-0.3, -0.25) is 4.90 Å². The fourth-order valence-electron chi connectivity index (χ4n) is 4.08. The number of nitrogens with zero attached hydrogens (tertiary/aromatic N) is 2. The Morgan fingerprint density at radius 2 is 1.83 bits per heavy atom. The van der Waals surface area contributed by atoms with Crippen LogP contribution in [0.1, 0.15) is 28.4 Å². The lowest BCUT2D eigenvalue weighted by molar-refractivity contribution is 0.174. The molecule has 6 heteroatoms. The van der Waals surface area contributed by atoms with Crippen molar-refractivity contribution < 1.29 is 8.42 Å². The van der Waals surface area contributed by atoms with E-state index in [1.807, 2.05) is 32.3 Å². The van der Waals surface area contributed by atoms with Crippen LogP contribution in [0.5, 0.6) is 0 Å². The van der Waals surface area contributed by atoms with Gasteiger partial charge in [-0.2, -0.15) is 0 Å². The van der Waals surface area contributed by atoms with Crippen LogP contribution in [0.25, 0.3) is 0 Å². The van der Waals surface area contributed by atoms with Crippen LogP contribution in [0.3, 0.4) is 0 Å². The molecule has 1 aliphatic rings. The van der Waals surface area contributed by atoms with Crippen LogP contribution < -0.4 is 4.72 Å². The van der Waals surface area contributed by atoms with Crippen molar-refractivity contribution in [3.05, 3.63) is 89.2 Å². The maximum atomic E-state index is 12.9. The van der Waals surface area contributed by atoms with Gasteiger partial charge in [-0.15, -0.1) is 0 Å². The number of fused-ring (bicyclic) bond motifs is 1. The van der Waals surface area contributed by atoms with Crippen molar-refractivity contribution in [2.75, 3.05) is 13.1 Å². The summed E-state index contributed by atoms with van der Waals surface area (Å²) in [5.41, 5.74) is 4.74. The number of rotatable bonds is 6. The van der Waals surface area contributed by atoms with Crippen LogP contribution in [0.4, 0.5) is 0 Å². The van der Waals surface area contributed by atoms with E-state index in [1.165, 1.54) is 11.1 Å². The minimum atomic E-state index is -3.57. The number of aromatic nitrogens is 1. The molecule has 0 bridgehead atoms. The first-order valence-corrected chi connectivity index (χ1v) is 11.4. The van der Waals surface area contributed by atoms with Crippen LogP contribution in [0.2, 0.25) is 0 Å². The molecule has 152 valence electrons. The van der Waals surface area contributed by atoms with Crippen LogP contribution in [0.15, 0.2) is 71.8 Å². The fourth-order valence-corrected chi connectivity index (χ4v) is 5.22. The molecular weight excluding hydrogens is 382 g/mol. The monoisotopic (exact) mass is 409 g/mol. The molecule has 0 amide bonds. The third-order valence-electron chi connectivity index (χ3n) is 5.69. The van der Waals surface area contributed by atoms with E-state index in [2.05, 4.69) is 44.5 Å². The van der Waals surface area contributed by atoms with E-state index in [9.17, 15) is 8.42 Å². The van der Waals surface area contributed by atoms with Gasteiger partial charge >= 0.3 is 0 Å². The first-order chi connectivity index (χ1) is 13.9. The van der Waals surface area contributed by atoms with Gasteiger partial charge in [-0.1, -0.05) is 36.4 Å². The van der Waals surface area contributed by atoms with Crippen LogP contribution in [0, 0.1) is 6.92 Å². The van der Waals surface area contributed by atoms with E-state index in [-0.39, 0.29) is 6.04 Å². The zero-order valence-corrected chi connectivity index (χ0v) is 17.7. The van der Waals surface area contributed by atoms with E-state index >= 15 is 0 Å². The Balaban J connectivity index is 1.58. The lowest BCUT2D eigenvalue weighted by Gasteiger charge is -2.36. The Bertz CT molecular complexity index is 1100. The molecule has 2 heterocycles. The minimum Gasteiger partial charge on any atom is -0.353 e. The molecule has 2 aromatic carbocycles. The smallest absolute Gasteiger partial charge is 0.240 e. The standard InChI is InChI=1S/C23H27N3O2S/c1-18-7-5-10-21(15-18)29(27,28)24-16-23(22-11-6-13-25(22)2)26-14-12-19-8-3-4-9-20(19)17-26/h3-11,13,15,23-24H,12,14,16-17H2,1-2H3/t23-/m0/s1. The summed E-state index contributed by atoms with van der Waals surface area (Å²) in [5.74, 6) is 0. The Hall–Kier alpha value is -2.41. The van der Waals surface area contributed by atoms with Gasteiger partial charge in [0.25, 0.3) is 0 Å². The van der Waals surface area contributed by atoms with E-state index in [0.717, 1.165) is 30.8 Å². The Morgan fingerprint density at radius 1 is 1.03 bits per heavy atom. The lowest BCUT2D eigenvalue weighted by atomic mass is 9.98. The van der Waals surface area contributed by atoms with E-state index in [0.29, 0.717) is 11.4 Å². The molecular formula is C23H27N3O2S. The van der Waals surface area contributed by atoms with Crippen molar-refractivity contribution in [3.63, 3.8) is 0 Å². The summed E-state index contributed by atoms with van der Waals surface area (Å²) in [4.78, 5) is 2.68. The van der Waals surface area contributed by atoms with E-state index in [4.69, 9.17) is 0 Å². The van der Waals surface area contributed by atoms with Gasteiger partial charge in [-0.25, -0.2) is 13.1 Å². The SMILES string of the molecule is Cc1cccc(S(=O)(=O)NC[C@@H](c2cccn2C)N2CCc3ccccc3C2)c1. The van der Waals surface area contributed by atoms with E-state index < -0.39 is 10.0 Å². The number of hydrogen-bond donors (Lipinski definition) is 1. The average Bonchev–Trinajstić information content (AvgIpc) is 3.14. The van der Waals surface area contributed by atoms with Gasteiger partial charge in [0.2, 0.25) is 10.0 Å². The highest BCUT2D eigenvalue weighted by molar-refractivity contribution is 7.89. The maximum absolute atomic E-state index is 12.9. The molecule has 0 saturated heterocycles. The van der Waals surface area contributed by atoms with Crippen molar-refractivity contribution in [1.82, 2.24) is 14.2 Å². The molecule has 1 N–H and O–H groups in total. The van der Waals surface area contributed by atoms with Crippen LogP contribution in [-0.4, -0.2) is 31.0 Å². The Morgan fingerprint density at radius 3 is 2.55 bits per heavy atom. The largest absolute Gasteiger partial charge is 0.353 e. The predicted molar refractivity (Wildman–Crippen MR) is 115 cm³/mol. The quantitative estimate of drug-likeness (QED) is 0.679. The first-order valence-electron chi connectivity index (χ1n) is 9.92. The summed E-state index contributed by atoms with van der Waals surface area (Å²) in [6.45, 7) is 3.95. The van der Waals surface area contributed by atoms with Crippen molar-refractivity contribution in [2.45, 2.75) is 30.8 Å². The molecule has 0 radical (unpaired) electrons. The molecule has 0 fully saturated rings. The second-order valence-corrected chi connectivity index (χ2v) is 9.48. The van der Waals surface area contributed by atoms with E-state index in [1.54, 1.807) is 18.2 Å². The Labute approximate surface area is 173 Å². The highest BCUT2D eigenvalue weighted by atomic mass is 32.2. The van der Waals surface area contributed by atoms with Gasteiger partial charge in [0.1, 0.15) is 0 Å². The second-order valence-electron chi connectivity index (χ2n) is 7.72. The fraction of sp³-hybridized carbons (Fsp3) is 0.304. The molecule has 29 heavy (non-hydrogen) atoms. The van der Waals surface area contributed by atoms with Gasteiger partial charge in [0, 0.05) is 38.6 Å². The number of benzene rings is 2. The average molecular weight is 410 g/mol. The third kappa shape index (κ3) is 4.29. The maximum Gasteiger partial charge on any atom is 0.240 e. The normalized spacial score (nSPS) is 15.8. The Kier molecular flexibility index (Phi) is 5.58. The summed E-state index contributed by atoms with van der Waals surface area (Å²) in [7, 11) is -1.56. The summed E-state index contributed by atoms with van der Waals surface area (Å²) in [6.07, 6.45) is 2.98. The van der Waals surface area contributed by atoms with Crippen molar-refractivity contribution >= 4 is 10.0 Å². The molecule has 4 rings (SSSR count). The molecule has 3 aromatic rings. The number of hydrogen-bond acceptors (Lipinski definition) is 3. The first kappa shape index (κ1) is 19.9. The van der Waals surface area contributed by atoms with Crippen LogP contribution in [-0.2, 0) is 30.0 Å². The molecule has 0 aliphatic carbocycles. The van der Waals surface area contributed by atoms with Crippen molar-refractivity contribution in [1.29, 1.82) is 0 Å². The highest BCUT2D eigenvalue weighted by Crippen LogP contribution is 2.28.